The predicted molar refractivity (Wildman–Crippen MR) is 87.8 cm³/mol. The Kier molecular flexibility index (Phi) is 5.66. The van der Waals surface area contributed by atoms with Crippen LogP contribution in [0.4, 0.5) is 0 Å². The molecule has 0 aromatic heterocycles. The number of hydrogen-bond donors (Lipinski definition) is 1. The van der Waals surface area contributed by atoms with Gasteiger partial charge in [-0.3, -0.25) is 4.79 Å². The first-order valence-electron chi connectivity index (χ1n) is 6.85. The fraction of sp³-hybridized carbons (Fsp3) is 0.235. The zero-order valence-corrected chi connectivity index (χ0v) is 13.3. The molecule has 0 fully saturated rings. The zero-order valence-electron chi connectivity index (χ0n) is 11.8. The average molecular weight is 322 g/mol. The molecule has 0 unspecified atom stereocenters. The van der Waals surface area contributed by atoms with Crippen molar-refractivity contribution in [2.75, 3.05) is 0 Å². The van der Waals surface area contributed by atoms with Crippen molar-refractivity contribution < 1.29 is 4.79 Å². The summed E-state index contributed by atoms with van der Waals surface area (Å²) in [4.78, 5) is 12.0. The van der Waals surface area contributed by atoms with E-state index in [0.29, 0.717) is 22.9 Å². The van der Waals surface area contributed by atoms with Gasteiger partial charge in [0.25, 0.3) is 0 Å². The van der Waals surface area contributed by atoms with E-state index in [4.69, 9.17) is 23.2 Å². The highest BCUT2D eigenvalue weighted by atomic mass is 35.5. The van der Waals surface area contributed by atoms with E-state index in [0.717, 1.165) is 11.1 Å². The van der Waals surface area contributed by atoms with Gasteiger partial charge in [0, 0.05) is 16.5 Å². The first-order valence-corrected chi connectivity index (χ1v) is 7.60. The number of benzene rings is 2. The minimum Gasteiger partial charge on any atom is -0.350 e. The molecule has 2 nitrogen and oxygen atoms in total. The van der Waals surface area contributed by atoms with Crippen LogP contribution >= 0.6 is 23.2 Å². The molecule has 0 spiro atoms. The molecule has 0 aliphatic rings. The van der Waals surface area contributed by atoms with E-state index < -0.39 is 0 Å². The molecule has 21 heavy (non-hydrogen) atoms. The molecular weight excluding hydrogens is 305 g/mol. The van der Waals surface area contributed by atoms with Gasteiger partial charge in [-0.25, -0.2) is 0 Å². The Bertz CT molecular complexity index is 593. The molecule has 2 rings (SSSR count). The summed E-state index contributed by atoms with van der Waals surface area (Å²) in [5.41, 5.74) is 1.91. The van der Waals surface area contributed by atoms with E-state index >= 15 is 0 Å². The molecule has 0 saturated carbocycles. The van der Waals surface area contributed by atoms with Gasteiger partial charge in [0.15, 0.2) is 0 Å². The van der Waals surface area contributed by atoms with Gasteiger partial charge in [-0.1, -0.05) is 59.6 Å². The smallest absolute Gasteiger partial charge is 0.220 e. The maximum absolute atomic E-state index is 12.0. The minimum absolute atomic E-state index is 0.0117. The Labute approximate surface area is 135 Å². The van der Waals surface area contributed by atoms with E-state index in [1.807, 2.05) is 37.3 Å². The summed E-state index contributed by atoms with van der Waals surface area (Å²) in [6.45, 7) is 1.97. The minimum atomic E-state index is -0.0135. The molecule has 0 aliphatic heterocycles. The van der Waals surface area contributed by atoms with Crippen LogP contribution in [0.5, 0.6) is 0 Å². The Hall–Kier alpha value is -1.51. The van der Waals surface area contributed by atoms with Crippen LogP contribution in [0.15, 0.2) is 48.5 Å². The van der Waals surface area contributed by atoms with Crippen molar-refractivity contribution in [1.82, 2.24) is 5.32 Å². The van der Waals surface area contributed by atoms with Crippen LogP contribution < -0.4 is 5.32 Å². The molecule has 4 heteroatoms. The molecule has 0 radical (unpaired) electrons. The third kappa shape index (κ3) is 4.48. The number of nitrogens with one attached hydrogen (secondary N) is 1. The third-order valence-electron chi connectivity index (χ3n) is 3.34. The Morgan fingerprint density at radius 2 is 1.67 bits per heavy atom. The molecule has 0 heterocycles. The van der Waals surface area contributed by atoms with Crippen molar-refractivity contribution in [2.45, 2.75) is 25.8 Å². The van der Waals surface area contributed by atoms with Gasteiger partial charge in [-0.15, -0.1) is 0 Å². The number of carbonyl (C=O) groups excluding carboxylic acids is 1. The summed E-state index contributed by atoms with van der Waals surface area (Å²) >= 11 is 12.2. The normalized spacial score (nSPS) is 12.0. The van der Waals surface area contributed by atoms with Crippen LogP contribution in [0.3, 0.4) is 0 Å². The van der Waals surface area contributed by atoms with Crippen molar-refractivity contribution in [2.24, 2.45) is 0 Å². The van der Waals surface area contributed by atoms with Crippen molar-refractivity contribution in [3.63, 3.8) is 0 Å². The predicted octanol–water partition coefficient (Wildman–Crippen LogP) is 4.80. The Morgan fingerprint density at radius 3 is 2.29 bits per heavy atom. The zero-order chi connectivity index (χ0) is 15.2. The van der Waals surface area contributed by atoms with Crippen molar-refractivity contribution in [1.29, 1.82) is 0 Å². The fourth-order valence-corrected chi connectivity index (χ4v) is 2.73. The molecule has 2 aromatic rings. The molecule has 110 valence electrons. The second-order valence-corrected chi connectivity index (χ2v) is 5.71. The lowest BCUT2D eigenvalue weighted by molar-refractivity contribution is -0.121. The van der Waals surface area contributed by atoms with E-state index in [9.17, 15) is 4.79 Å². The molecular formula is C17H17Cl2NO. The van der Waals surface area contributed by atoms with E-state index in [-0.39, 0.29) is 11.9 Å². The van der Waals surface area contributed by atoms with Crippen LogP contribution in [0.1, 0.15) is 30.5 Å². The first-order chi connectivity index (χ1) is 10.1. The second kappa shape index (κ2) is 7.48. The summed E-state index contributed by atoms with van der Waals surface area (Å²) in [5.74, 6) is -0.0117. The number of hydrogen-bond acceptors (Lipinski definition) is 1. The Balaban J connectivity index is 1.91. The highest BCUT2D eigenvalue weighted by Crippen LogP contribution is 2.25. The molecule has 1 amide bonds. The molecule has 0 saturated heterocycles. The topological polar surface area (TPSA) is 29.1 Å². The van der Waals surface area contributed by atoms with Crippen LogP contribution in [-0.4, -0.2) is 5.91 Å². The van der Waals surface area contributed by atoms with Gasteiger partial charge in [0.1, 0.15) is 0 Å². The fourth-order valence-electron chi connectivity index (χ4n) is 2.15. The van der Waals surface area contributed by atoms with Gasteiger partial charge < -0.3 is 5.32 Å². The van der Waals surface area contributed by atoms with Crippen molar-refractivity contribution in [3.8, 4) is 0 Å². The van der Waals surface area contributed by atoms with E-state index in [1.165, 1.54) is 0 Å². The lowest BCUT2D eigenvalue weighted by atomic mass is 10.1. The molecule has 1 N–H and O–H groups in total. The van der Waals surface area contributed by atoms with Gasteiger partial charge in [0.2, 0.25) is 5.91 Å². The van der Waals surface area contributed by atoms with Crippen LogP contribution in [0, 0.1) is 0 Å². The highest BCUT2D eigenvalue weighted by Gasteiger charge is 2.11. The van der Waals surface area contributed by atoms with Crippen LogP contribution in [-0.2, 0) is 11.2 Å². The molecule has 1 atom stereocenters. The van der Waals surface area contributed by atoms with Gasteiger partial charge in [-0.2, -0.15) is 0 Å². The van der Waals surface area contributed by atoms with Gasteiger partial charge in [0.05, 0.1) is 6.04 Å². The Morgan fingerprint density at radius 1 is 1.05 bits per heavy atom. The average Bonchev–Trinajstić information content (AvgIpc) is 2.47. The van der Waals surface area contributed by atoms with Crippen LogP contribution in [0.2, 0.25) is 10.0 Å². The second-order valence-electron chi connectivity index (χ2n) is 4.90. The monoisotopic (exact) mass is 321 g/mol. The third-order valence-corrected chi connectivity index (χ3v) is 4.05. The SMILES string of the molecule is C[C@@H](NC(=O)CCc1c(Cl)cccc1Cl)c1ccccc1. The quantitative estimate of drug-likeness (QED) is 0.841. The summed E-state index contributed by atoms with van der Waals surface area (Å²) in [6.07, 6.45) is 0.895. The van der Waals surface area contributed by atoms with E-state index in [2.05, 4.69) is 5.32 Å². The largest absolute Gasteiger partial charge is 0.350 e. The lowest BCUT2D eigenvalue weighted by Crippen LogP contribution is -2.26. The lowest BCUT2D eigenvalue weighted by Gasteiger charge is -2.14. The molecule has 0 bridgehead atoms. The van der Waals surface area contributed by atoms with E-state index in [1.54, 1.807) is 18.2 Å². The number of rotatable bonds is 5. The van der Waals surface area contributed by atoms with Gasteiger partial charge >= 0.3 is 0 Å². The summed E-state index contributed by atoms with van der Waals surface area (Å²) in [7, 11) is 0. The molecule has 0 aliphatic carbocycles. The van der Waals surface area contributed by atoms with Crippen LogP contribution in [0.25, 0.3) is 0 Å². The van der Waals surface area contributed by atoms with Crippen molar-refractivity contribution >= 4 is 29.1 Å². The summed E-state index contributed by atoms with van der Waals surface area (Å²) in [6, 6.07) is 15.2. The number of halogens is 2. The highest BCUT2D eigenvalue weighted by molar-refractivity contribution is 6.36. The standard InChI is InChI=1S/C17H17Cl2NO/c1-12(13-6-3-2-4-7-13)20-17(21)11-10-14-15(18)8-5-9-16(14)19/h2-9,12H,10-11H2,1H3,(H,20,21)/t12-/m1/s1. The number of amides is 1. The maximum atomic E-state index is 12.0. The maximum Gasteiger partial charge on any atom is 0.220 e. The van der Waals surface area contributed by atoms with Gasteiger partial charge in [-0.05, 0) is 36.6 Å². The van der Waals surface area contributed by atoms with Crippen molar-refractivity contribution in [3.05, 3.63) is 69.7 Å². The summed E-state index contributed by atoms with van der Waals surface area (Å²) in [5, 5.41) is 4.19. The molecule has 2 aromatic carbocycles. The first kappa shape index (κ1) is 15.9. The summed E-state index contributed by atoms with van der Waals surface area (Å²) < 4.78 is 0. The number of carbonyl (C=O) groups is 1.